The van der Waals surface area contributed by atoms with Gasteiger partial charge in [0.05, 0.1) is 6.61 Å². The summed E-state index contributed by atoms with van der Waals surface area (Å²) in [6.07, 6.45) is -3.50. The van der Waals surface area contributed by atoms with E-state index in [0.29, 0.717) is 5.56 Å². The largest absolute Gasteiger partial charge is 0.464 e. The van der Waals surface area contributed by atoms with E-state index in [9.17, 15) is 14.3 Å². The molecule has 0 spiro atoms. The summed E-state index contributed by atoms with van der Waals surface area (Å²) in [5.41, 5.74) is 0.359. The standard InChI is InChI=1S/C11H13FO3/c1-2-15-11(14)9(12)10(13)8-6-4-3-5-7-8/h3-7,9-10,13H,2H2,1H3/t9-,10-/m0/s1. The van der Waals surface area contributed by atoms with Crippen molar-refractivity contribution in [1.82, 2.24) is 0 Å². The molecule has 0 saturated carbocycles. The molecule has 0 aliphatic carbocycles. The third-order valence-corrected chi connectivity index (χ3v) is 1.93. The number of aliphatic hydroxyl groups is 1. The summed E-state index contributed by atoms with van der Waals surface area (Å²) in [6.45, 7) is 1.68. The topological polar surface area (TPSA) is 46.5 Å². The summed E-state index contributed by atoms with van der Waals surface area (Å²) in [5, 5.41) is 9.51. The molecule has 82 valence electrons. The van der Waals surface area contributed by atoms with E-state index in [2.05, 4.69) is 4.74 Å². The lowest BCUT2D eigenvalue weighted by Crippen LogP contribution is -2.25. The van der Waals surface area contributed by atoms with Gasteiger partial charge < -0.3 is 9.84 Å². The lowest BCUT2D eigenvalue weighted by molar-refractivity contribution is -0.153. The van der Waals surface area contributed by atoms with Crippen LogP contribution in [0.2, 0.25) is 0 Å². The van der Waals surface area contributed by atoms with Crippen molar-refractivity contribution in [3.05, 3.63) is 35.9 Å². The van der Waals surface area contributed by atoms with Crippen LogP contribution in [0.15, 0.2) is 30.3 Å². The van der Waals surface area contributed by atoms with Crippen molar-refractivity contribution in [2.24, 2.45) is 0 Å². The van der Waals surface area contributed by atoms with Crippen molar-refractivity contribution < 1.29 is 19.0 Å². The highest BCUT2D eigenvalue weighted by molar-refractivity contribution is 5.75. The van der Waals surface area contributed by atoms with E-state index in [1.54, 1.807) is 37.3 Å². The fraction of sp³-hybridized carbons (Fsp3) is 0.364. The third-order valence-electron chi connectivity index (χ3n) is 1.93. The second-order valence-electron chi connectivity index (χ2n) is 3.01. The Hall–Kier alpha value is -1.42. The number of aliphatic hydroxyl groups excluding tert-OH is 1. The Morgan fingerprint density at radius 1 is 1.47 bits per heavy atom. The number of esters is 1. The van der Waals surface area contributed by atoms with Gasteiger partial charge in [-0.3, -0.25) is 0 Å². The Labute approximate surface area is 87.5 Å². The SMILES string of the molecule is CCOC(=O)[C@@H](F)[C@@H](O)c1ccccc1. The fourth-order valence-electron chi connectivity index (χ4n) is 1.17. The Morgan fingerprint density at radius 2 is 2.07 bits per heavy atom. The average Bonchev–Trinajstić information content (AvgIpc) is 2.28. The Balaban J connectivity index is 2.68. The van der Waals surface area contributed by atoms with Crippen LogP contribution in [-0.2, 0) is 9.53 Å². The van der Waals surface area contributed by atoms with Gasteiger partial charge in [-0.15, -0.1) is 0 Å². The first-order chi connectivity index (χ1) is 7.16. The molecule has 1 N–H and O–H groups in total. The smallest absolute Gasteiger partial charge is 0.343 e. The van der Waals surface area contributed by atoms with E-state index in [1.165, 1.54) is 0 Å². The maximum atomic E-state index is 13.3. The van der Waals surface area contributed by atoms with Gasteiger partial charge in [0.25, 0.3) is 0 Å². The number of hydrogen-bond acceptors (Lipinski definition) is 3. The summed E-state index contributed by atoms with van der Waals surface area (Å²) in [4.78, 5) is 11.0. The molecule has 4 heteroatoms. The number of halogens is 1. The van der Waals surface area contributed by atoms with E-state index >= 15 is 0 Å². The van der Waals surface area contributed by atoms with Gasteiger partial charge in [-0.25, -0.2) is 9.18 Å². The van der Waals surface area contributed by atoms with Crippen molar-refractivity contribution in [1.29, 1.82) is 0 Å². The van der Waals surface area contributed by atoms with E-state index in [0.717, 1.165) is 0 Å². The fourth-order valence-corrected chi connectivity index (χ4v) is 1.17. The average molecular weight is 212 g/mol. The molecule has 15 heavy (non-hydrogen) atoms. The van der Waals surface area contributed by atoms with E-state index in [1.807, 2.05) is 0 Å². The van der Waals surface area contributed by atoms with Crippen molar-refractivity contribution in [3.63, 3.8) is 0 Å². The van der Waals surface area contributed by atoms with Gasteiger partial charge in [0.15, 0.2) is 0 Å². The van der Waals surface area contributed by atoms with Crippen LogP contribution < -0.4 is 0 Å². The van der Waals surface area contributed by atoms with Gasteiger partial charge in [0.2, 0.25) is 6.17 Å². The lowest BCUT2D eigenvalue weighted by Gasteiger charge is -2.14. The van der Waals surface area contributed by atoms with Crippen LogP contribution in [0, 0.1) is 0 Å². The van der Waals surface area contributed by atoms with Crippen molar-refractivity contribution in [2.45, 2.75) is 19.2 Å². The maximum Gasteiger partial charge on any atom is 0.343 e. The predicted molar refractivity (Wildman–Crippen MR) is 52.9 cm³/mol. The third kappa shape index (κ3) is 3.02. The molecule has 0 aromatic heterocycles. The molecule has 0 fully saturated rings. The molecule has 1 aromatic carbocycles. The lowest BCUT2D eigenvalue weighted by atomic mass is 10.1. The van der Waals surface area contributed by atoms with Gasteiger partial charge >= 0.3 is 5.97 Å². The summed E-state index contributed by atoms with van der Waals surface area (Å²) in [5.74, 6) is -1.03. The highest BCUT2D eigenvalue weighted by Crippen LogP contribution is 2.19. The van der Waals surface area contributed by atoms with Gasteiger partial charge in [-0.05, 0) is 12.5 Å². The van der Waals surface area contributed by atoms with Crippen LogP contribution in [0.1, 0.15) is 18.6 Å². The number of carbonyl (C=O) groups excluding carboxylic acids is 1. The monoisotopic (exact) mass is 212 g/mol. The summed E-state index contributed by atoms with van der Waals surface area (Å²) >= 11 is 0. The molecule has 3 nitrogen and oxygen atoms in total. The number of benzene rings is 1. The van der Waals surface area contributed by atoms with Crippen molar-refractivity contribution in [3.8, 4) is 0 Å². The zero-order valence-corrected chi connectivity index (χ0v) is 8.39. The van der Waals surface area contributed by atoms with E-state index in [-0.39, 0.29) is 6.61 Å². The molecule has 0 saturated heterocycles. The number of carbonyl (C=O) groups is 1. The molecule has 2 atom stereocenters. The van der Waals surface area contributed by atoms with Crippen LogP contribution in [-0.4, -0.2) is 23.9 Å². The minimum absolute atomic E-state index is 0.0980. The highest BCUT2D eigenvalue weighted by atomic mass is 19.1. The van der Waals surface area contributed by atoms with Gasteiger partial charge in [0, 0.05) is 0 Å². The molecule has 0 amide bonds. The molecular formula is C11H13FO3. The minimum Gasteiger partial charge on any atom is -0.464 e. The molecule has 0 aliphatic rings. The van der Waals surface area contributed by atoms with E-state index < -0.39 is 18.2 Å². The van der Waals surface area contributed by atoms with Crippen molar-refractivity contribution in [2.75, 3.05) is 6.61 Å². The Kier molecular flexibility index (Phi) is 4.24. The second kappa shape index (κ2) is 5.46. The molecule has 0 radical (unpaired) electrons. The predicted octanol–water partition coefficient (Wildman–Crippen LogP) is 1.62. The second-order valence-corrected chi connectivity index (χ2v) is 3.01. The molecule has 0 bridgehead atoms. The summed E-state index contributed by atoms with van der Waals surface area (Å²) in [6, 6.07) is 8.17. The van der Waals surface area contributed by atoms with Crippen LogP contribution in [0.5, 0.6) is 0 Å². The van der Waals surface area contributed by atoms with Crippen molar-refractivity contribution >= 4 is 5.97 Å². The van der Waals surface area contributed by atoms with Crippen LogP contribution in [0.4, 0.5) is 4.39 Å². The van der Waals surface area contributed by atoms with Gasteiger partial charge in [-0.1, -0.05) is 30.3 Å². The van der Waals surface area contributed by atoms with Gasteiger partial charge in [0.1, 0.15) is 6.10 Å². The minimum atomic E-state index is -2.03. The zero-order chi connectivity index (χ0) is 11.3. The first-order valence-electron chi connectivity index (χ1n) is 4.70. The molecule has 0 heterocycles. The van der Waals surface area contributed by atoms with Crippen LogP contribution >= 0.6 is 0 Å². The number of alkyl halides is 1. The van der Waals surface area contributed by atoms with Crippen LogP contribution in [0.3, 0.4) is 0 Å². The Bertz CT molecular complexity index is 313. The maximum absolute atomic E-state index is 13.3. The normalized spacial score (nSPS) is 14.3. The number of ether oxygens (including phenoxy) is 1. The first-order valence-corrected chi connectivity index (χ1v) is 4.70. The molecule has 1 rings (SSSR count). The first kappa shape index (κ1) is 11.7. The number of hydrogen-bond donors (Lipinski definition) is 1. The molecule has 1 aromatic rings. The molecule has 0 aliphatic heterocycles. The summed E-state index contributed by atoms with van der Waals surface area (Å²) < 4.78 is 17.8. The molecular weight excluding hydrogens is 199 g/mol. The summed E-state index contributed by atoms with van der Waals surface area (Å²) in [7, 11) is 0. The highest BCUT2D eigenvalue weighted by Gasteiger charge is 2.28. The number of rotatable bonds is 4. The van der Waals surface area contributed by atoms with E-state index in [4.69, 9.17) is 0 Å². The van der Waals surface area contributed by atoms with Gasteiger partial charge in [-0.2, -0.15) is 0 Å². The van der Waals surface area contributed by atoms with Crippen LogP contribution in [0.25, 0.3) is 0 Å². The quantitative estimate of drug-likeness (QED) is 0.771. The molecule has 0 unspecified atom stereocenters. The zero-order valence-electron chi connectivity index (χ0n) is 8.39. The Morgan fingerprint density at radius 3 is 2.60 bits per heavy atom.